The van der Waals surface area contributed by atoms with Crippen molar-refractivity contribution in [2.24, 2.45) is 5.92 Å². The number of likely N-dealkylation sites (tertiary alicyclic amines) is 1. The van der Waals surface area contributed by atoms with Crippen LogP contribution in [0, 0.1) is 5.92 Å². The van der Waals surface area contributed by atoms with Crippen LogP contribution in [0.3, 0.4) is 0 Å². The summed E-state index contributed by atoms with van der Waals surface area (Å²) in [5.74, 6) is -0.289. The number of anilines is 1. The number of imide groups is 1. The van der Waals surface area contributed by atoms with Gasteiger partial charge in [-0.15, -0.1) is 0 Å². The van der Waals surface area contributed by atoms with Crippen molar-refractivity contribution in [3.63, 3.8) is 0 Å². The minimum atomic E-state index is -0.462. The van der Waals surface area contributed by atoms with Crippen LogP contribution in [0.5, 0.6) is 0 Å². The number of amides is 4. The lowest BCUT2D eigenvalue weighted by Crippen LogP contribution is -3.14. The van der Waals surface area contributed by atoms with E-state index in [0.717, 1.165) is 36.5 Å². The number of carbonyl (C=O) groups excluding carboxylic acids is 3. The van der Waals surface area contributed by atoms with E-state index in [4.69, 9.17) is 0 Å². The summed E-state index contributed by atoms with van der Waals surface area (Å²) in [6, 6.07) is 8.93. The lowest BCUT2D eigenvalue weighted by molar-refractivity contribution is -0.897. The predicted octanol–water partition coefficient (Wildman–Crippen LogP) is 0.154. The van der Waals surface area contributed by atoms with E-state index in [1.165, 1.54) is 0 Å². The number of hydrogen-bond acceptors (Lipinski definition) is 3. The highest BCUT2D eigenvalue weighted by Crippen LogP contribution is 2.14. The quantitative estimate of drug-likeness (QED) is 0.611. The van der Waals surface area contributed by atoms with Crippen LogP contribution in [0.1, 0.15) is 26.7 Å². The summed E-state index contributed by atoms with van der Waals surface area (Å²) in [6.07, 6.45) is 1.47. The van der Waals surface area contributed by atoms with Gasteiger partial charge in [-0.25, -0.2) is 4.79 Å². The molecule has 4 amide bonds. The third-order valence-electron chi connectivity index (χ3n) is 4.19. The van der Waals surface area contributed by atoms with Gasteiger partial charge in [0.15, 0.2) is 6.54 Å². The smallest absolute Gasteiger partial charge is 0.321 e. The second kappa shape index (κ2) is 9.17. The van der Waals surface area contributed by atoms with E-state index in [1.54, 1.807) is 0 Å². The van der Waals surface area contributed by atoms with Crippen LogP contribution < -0.4 is 20.9 Å². The number of benzene rings is 1. The fraction of sp³-hybridized carbons (Fsp3) is 0.500. The highest BCUT2D eigenvalue weighted by Gasteiger charge is 2.28. The average Bonchev–Trinajstić information content (AvgIpc) is 2.55. The molecule has 0 aliphatic carbocycles. The van der Waals surface area contributed by atoms with Crippen LogP contribution in [-0.2, 0) is 9.59 Å². The largest absolute Gasteiger partial charge is 0.336 e. The Labute approximate surface area is 148 Å². The Kier molecular flexibility index (Phi) is 6.94. The van der Waals surface area contributed by atoms with Crippen molar-refractivity contribution >= 4 is 23.5 Å². The number of rotatable bonds is 5. The molecule has 1 aromatic carbocycles. The van der Waals surface area contributed by atoms with Crippen molar-refractivity contribution in [2.45, 2.75) is 32.7 Å². The average molecular weight is 347 g/mol. The van der Waals surface area contributed by atoms with Crippen molar-refractivity contribution in [3.05, 3.63) is 30.3 Å². The minimum Gasteiger partial charge on any atom is -0.336 e. The first-order chi connectivity index (χ1) is 11.9. The maximum absolute atomic E-state index is 12.3. The van der Waals surface area contributed by atoms with E-state index in [9.17, 15) is 14.4 Å². The number of carbonyl (C=O) groups is 3. The monoisotopic (exact) mass is 347 g/mol. The Morgan fingerprint density at radius 1 is 1.12 bits per heavy atom. The molecule has 1 aliphatic rings. The molecule has 0 unspecified atom stereocenters. The molecular formula is C18H27N4O3+. The summed E-state index contributed by atoms with van der Waals surface area (Å²) in [6.45, 7) is 5.40. The summed E-state index contributed by atoms with van der Waals surface area (Å²) in [7, 11) is 0. The van der Waals surface area contributed by atoms with Crippen molar-refractivity contribution in [1.82, 2.24) is 10.6 Å². The van der Waals surface area contributed by atoms with Gasteiger partial charge in [0.25, 0.3) is 5.91 Å². The molecule has 1 fully saturated rings. The summed E-state index contributed by atoms with van der Waals surface area (Å²) >= 11 is 0. The fourth-order valence-corrected chi connectivity index (χ4v) is 2.93. The molecule has 1 aliphatic heterocycles. The first-order valence-electron chi connectivity index (χ1n) is 8.74. The molecule has 7 nitrogen and oxygen atoms in total. The molecule has 136 valence electrons. The standard InChI is InChI=1S/C18H26N4O3/c1-13(2)19-18(25)21-16(23)12-22-10-8-14(9-11-22)17(24)20-15-6-4-3-5-7-15/h3-7,13-14H,8-12H2,1-2H3,(H,20,24)(H2,19,21,23,25)/p+1. The molecule has 0 aromatic heterocycles. The highest BCUT2D eigenvalue weighted by atomic mass is 16.2. The van der Waals surface area contributed by atoms with Gasteiger partial charge in [-0.3, -0.25) is 14.9 Å². The number of hydrogen-bond donors (Lipinski definition) is 4. The lowest BCUT2D eigenvalue weighted by Gasteiger charge is -2.28. The molecule has 2 rings (SSSR count). The summed E-state index contributed by atoms with van der Waals surface area (Å²) < 4.78 is 0. The van der Waals surface area contributed by atoms with E-state index in [1.807, 2.05) is 44.2 Å². The molecule has 0 spiro atoms. The van der Waals surface area contributed by atoms with Gasteiger partial charge in [0.1, 0.15) is 0 Å². The SMILES string of the molecule is CC(C)NC(=O)NC(=O)C[NH+]1CCC(C(=O)Nc2ccccc2)CC1. The van der Waals surface area contributed by atoms with Crippen LogP contribution in [0.4, 0.5) is 10.5 Å². The Hall–Kier alpha value is -2.41. The molecule has 25 heavy (non-hydrogen) atoms. The van der Waals surface area contributed by atoms with E-state index in [0.29, 0.717) is 0 Å². The number of nitrogens with one attached hydrogen (secondary N) is 4. The third-order valence-corrected chi connectivity index (χ3v) is 4.19. The van der Waals surface area contributed by atoms with Crippen LogP contribution in [-0.4, -0.2) is 43.5 Å². The van der Waals surface area contributed by atoms with Gasteiger partial charge in [-0.1, -0.05) is 18.2 Å². The van der Waals surface area contributed by atoms with Crippen LogP contribution in [0.25, 0.3) is 0 Å². The molecule has 0 saturated carbocycles. The minimum absolute atomic E-state index is 0.0148. The first kappa shape index (κ1) is 18.9. The molecule has 0 radical (unpaired) electrons. The third kappa shape index (κ3) is 6.54. The Balaban J connectivity index is 1.71. The second-order valence-corrected chi connectivity index (χ2v) is 6.73. The zero-order valence-corrected chi connectivity index (χ0v) is 14.8. The highest BCUT2D eigenvalue weighted by molar-refractivity contribution is 5.95. The lowest BCUT2D eigenvalue weighted by atomic mass is 9.96. The van der Waals surface area contributed by atoms with Gasteiger partial charge in [0.2, 0.25) is 5.91 Å². The number of urea groups is 1. The van der Waals surface area contributed by atoms with Gasteiger partial charge >= 0.3 is 6.03 Å². The fourth-order valence-electron chi connectivity index (χ4n) is 2.93. The maximum atomic E-state index is 12.3. The molecule has 1 saturated heterocycles. The Morgan fingerprint density at radius 2 is 1.76 bits per heavy atom. The van der Waals surface area contributed by atoms with Crippen molar-refractivity contribution in [1.29, 1.82) is 0 Å². The van der Waals surface area contributed by atoms with Gasteiger partial charge < -0.3 is 15.5 Å². The number of quaternary nitrogens is 1. The van der Waals surface area contributed by atoms with Crippen LogP contribution in [0.2, 0.25) is 0 Å². The molecule has 7 heteroatoms. The molecule has 4 N–H and O–H groups in total. The summed E-state index contributed by atoms with van der Waals surface area (Å²) in [4.78, 5) is 36.8. The van der Waals surface area contributed by atoms with Crippen LogP contribution >= 0.6 is 0 Å². The van der Waals surface area contributed by atoms with E-state index in [-0.39, 0.29) is 30.3 Å². The normalized spacial score (nSPS) is 20.0. The Morgan fingerprint density at radius 3 is 2.36 bits per heavy atom. The number of piperidine rings is 1. The predicted molar refractivity (Wildman–Crippen MR) is 95.2 cm³/mol. The zero-order chi connectivity index (χ0) is 18.2. The number of para-hydroxylation sites is 1. The second-order valence-electron chi connectivity index (χ2n) is 6.73. The summed E-state index contributed by atoms with van der Waals surface area (Å²) in [5.41, 5.74) is 0.804. The van der Waals surface area contributed by atoms with Gasteiger partial charge in [0.05, 0.1) is 13.1 Å². The van der Waals surface area contributed by atoms with Gasteiger partial charge in [-0.2, -0.15) is 0 Å². The molecule has 0 atom stereocenters. The van der Waals surface area contributed by atoms with Gasteiger partial charge in [-0.05, 0) is 26.0 Å². The first-order valence-corrected chi connectivity index (χ1v) is 8.74. The summed E-state index contributed by atoms with van der Waals surface area (Å²) in [5, 5.41) is 7.89. The molecule has 1 heterocycles. The topological polar surface area (TPSA) is 91.7 Å². The molecule has 0 bridgehead atoms. The molecular weight excluding hydrogens is 320 g/mol. The van der Waals surface area contributed by atoms with Crippen molar-refractivity contribution in [3.8, 4) is 0 Å². The molecule has 1 aromatic rings. The van der Waals surface area contributed by atoms with Gasteiger partial charge in [0, 0.05) is 30.5 Å². The van der Waals surface area contributed by atoms with Crippen LogP contribution in [0.15, 0.2) is 30.3 Å². The van der Waals surface area contributed by atoms with E-state index >= 15 is 0 Å². The zero-order valence-electron chi connectivity index (χ0n) is 14.8. The van der Waals surface area contributed by atoms with E-state index < -0.39 is 6.03 Å². The van der Waals surface area contributed by atoms with Crippen molar-refractivity contribution in [2.75, 3.05) is 25.0 Å². The Bertz CT molecular complexity index is 596. The van der Waals surface area contributed by atoms with Crippen molar-refractivity contribution < 1.29 is 19.3 Å². The van der Waals surface area contributed by atoms with E-state index in [2.05, 4.69) is 16.0 Å². The maximum Gasteiger partial charge on any atom is 0.321 e.